The fraction of sp³-hybridized carbons (Fsp3) is 0.938. The van der Waals surface area contributed by atoms with Gasteiger partial charge in [0, 0.05) is 39.8 Å². The van der Waals surface area contributed by atoms with Gasteiger partial charge in [0.2, 0.25) is 10.0 Å². The second-order valence-corrected chi connectivity index (χ2v) is 8.94. The van der Waals surface area contributed by atoms with Crippen LogP contribution in [0.15, 0.2) is 4.99 Å². The quantitative estimate of drug-likeness (QED) is 0.450. The molecule has 23 heavy (non-hydrogen) atoms. The maximum absolute atomic E-state index is 11.6. The van der Waals surface area contributed by atoms with Crippen molar-refractivity contribution in [2.24, 2.45) is 10.4 Å². The molecular formula is C16H32N4O2S. The molecule has 134 valence electrons. The Morgan fingerprint density at radius 2 is 2.00 bits per heavy atom. The fourth-order valence-corrected chi connectivity index (χ4v) is 4.93. The average Bonchev–Trinajstić information content (AvgIpc) is 3.12. The van der Waals surface area contributed by atoms with E-state index in [9.17, 15) is 8.42 Å². The molecule has 1 aliphatic carbocycles. The molecule has 2 fully saturated rings. The van der Waals surface area contributed by atoms with Crippen molar-refractivity contribution in [2.75, 3.05) is 46.0 Å². The SMILES string of the molecule is CCN(CCCNC(=NC)N1CCC2(CCCC2)C1)S(C)(=O)=O. The first-order chi connectivity index (χ1) is 10.9. The highest BCUT2D eigenvalue weighted by molar-refractivity contribution is 7.88. The minimum atomic E-state index is -3.09. The maximum atomic E-state index is 11.6. The van der Waals surface area contributed by atoms with E-state index in [-0.39, 0.29) is 0 Å². The van der Waals surface area contributed by atoms with Gasteiger partial charge in [-0.1, -0.05) is 19.8 Å². The van der Waals surface area contributed by atoms with Crippen LogP contribution in [0.2, 0.25) is 0 Å². The number of nitrogens with one attached hydrogen (secondary N) is 1. The van der Waals surface area contributed by atoms with E-state index in [4.69, 9.17) is 0 Å². The van der Waals surface area contributed by atoms with Crippen LogP contribution in [0.5, 0.6) is 0 Å². The number of likely N-dealkylation sites (tertiary alicyclic amines) is 1. The Balaban J connectivity index is 1.76. The molecule has 0 aromatic rings. The highest BCUT2D eigenvalue weighted by atomic mass is 32.2. The minimum Gasteiger partial charge on any atom is -0.356 e. The normalized spacial score (nSPS) is 21.6. The van der Waals surface area contributed by atoms with Crippen LogP contribution in [0.1, 0.15) is 45.4 Å². The summed E-state index contributed by atoms with van der Waals surface area (Å²) in [5.41, 5.74) is 0.535. The lowest BCUT2D eigenvalue weighted by atomic mass is 9.86. The van der Waals surface area contributed by atoms with Gasteiger partial charge in [-0.3, -0.25) is 4.99 Å². The van der Waals surface area contributed by atoms with Crippen molar-refractivity contribution in [3.63, 3.8) is 0 Å². The van der Waals surface area contributed by atoms with Crippen LogP contribution in [0.4, 0.5) is 0 Å². The number of rotatable bonds is 6. The standard InChI is InChI=1S/C16H32N4O2S/c1-4-20(23(3,21)22)12-7-11-18-15(17-2)19-13-10-16(14-19)8-5-6-9-16/h4-14H2,1-3H3,(H,17,18). The van der Waals surface area contributed by atoms with Crippen LogP contribution in [-0.4, -0.2) is 69.6 Å². The molecule has 0 aromatic carbocycles. The highest BCUT2D eigenvalue weighted by Crippen LogP contribution is 2.45. The van der Waals surface area contributed by atoms with Gasteiger partial charge in [-0.05, 0) is 31.1 Å². The van der Waals surface area contributed by atoms with Gasteiger partial charge in [-0.15, -0.1) is 0 Å². The number of nitrogens with zero attached hydrogens (tertiary/aromatic N) is 3. The Morgan fingerprint density at radius 3 is 2.57 bits per heavy atom. The van der Waals surface area contributed by atoms with Crippen LogP contribution in [-0.2, 0) is 10.0 Å². The van der Waals surface area contributed by atoms with Gasteiger partial charge in [0.1, 0.15) is 0 Å². The summed E-state index contributed by atoms with van der Waals surface area (Å²) in [6, 6.07) is 0. The van der Waals surface area contributed by atoms with Gasteiger partial charge < -0.3 is 10.2 Å². The molecule has 0 aromatic heterocycles. The summed E-state index contributed by atoms with van der Waals surface area (Å²) in [5.74, 6) is 0.969. The Morgan fingerprint density at radius 1 is 1.30 bits per heavy atom. The first kappa shape index (κ1) is 18.5. The molecule has 0 unspecified atom stereocenters. The molecule has 1 saturated heterocycles. The summed E-state index contributed by atoms with van der Waals surface area (Å²) in [5, 5.41) is 3.40. The molecule has 0 atom stereocenters. The smallest absolute Gasteiger partial charge is 0.211 e. The van der Waals surface area contributed by atoms with Crippen molar-refractivity contribution >= 4 is 16.0 Å². The summed E-state index contributed by atoms with van der Waals surface area (Å²) in [7, 11) is -1.26. The van der Waals surface area contributed by atoms with Crippen molar-refractivity contribution in [1.82, 2.24) is 14.5 Å². The zero-order valence-electron chi connectivity index (χ0n) is 14.8. The molecule has 2 rings (SSSR count). The predicted octanol–water partition coefficient (Wildman–Crippen LogP) is 1.50. The van der Waals surface area contributed by atoms with E-state index in [1.54, 1.807) is 0 Å². The lowest BCUT2D eigenvalue weighted by Crippen LogP contribution is -2.42. The Hall–Kier alpha value is -0.820. The Bertz CT molecular complexity index is 512. The molecule has 0 amide bonds. The van der Waals surface area contributed by atoms with Crippen molar-refractivity contribution in [3.05, 3.63) is 0 Å². The molecule has 0 radical (unpaired) electrons. The maximum Gasteiger partial charge on any atom is 0.211 e. The largest absolute Gasteiger partial charge is 0.356 e. The molecule has 7 heteroatoms. The van der Waals surface area contributed by atoms with Gasteiger partial charge in [-0.2, -0.15) is 0 Å². The average molecular weight is 345 g/mol. The highest BCUT2D eigenvalue weighted by Gasteiger charge is 2.40. The summed E-state index contributed by atoms with van der Waals surface area (Å²) < 4.78 is 24.7. The van der Waals surface area contributed by atoms with Crippen LogP contribution < -0.4 is 5.32 Å². The van der Waals surface area contributed by atoms with E-state index in [0.717, 1.165) is 32.0 Å². The van der Waals surface area contributed by atoms with Crippen molar-refractivity contribution in [1.29, 1.82) is 0 Å². The summed E-state index contributed by atoms with van der Waals surface area (Å²) in [6.07, 6.45) is 8.81. The molecule has 1 aliphatic heterocycles. The van der Waals surface area contributed by atoms with Gasteiger partial charge in [0.25, 0.3) is 0 Å². The molecule has 6 nitrogen and oxygen atoms in total. The van der Waals surface area contributed by atoms with Crippen LogP contribution >= 0.6 is 0 Å². The third-order valence-electron chi connectivity index (χ3n) is 5.30. The first-order valence-corrected chi connectivity index (χ1v) is 10.7. The van der Waals surface area contributed by atoms with Crippen molar-refractivity contribution in [3.8, 4) is 0 Å². The Kier molecular flexibility index (Phi) is 6.31. The van der Waals surface area contributed by atoms with Crippen molar-refractivity contribution in [2.45, 2.75) is 45.4 Å². The zero-order valence-corrected chi connectivity index (χ0v) is 15.7. The zero-order chi connectivity index (χ0) is 16.9. The lowest BCUT2D eigenvalue weighted by Gasteiger charge is -2.26. The number of aliphatic imine (C=N–C) groups is 1. The van der Waals surface area contributed by atoms with Gasteiger partial charge in [0.05, 0.1) is 6.26 Å². The summed E-state index contributed by atoms with van der Waals surface area (Å²) in [6.45, 7) is 5.92. The van der Waals surface area contributed by atoms with Gasteiger partial charge >= 0.3 is 0 Å². The molecule has 1 spiro atoms. The third-order valence-corrected chi connectivity index (χ3v) is 6.68. The molecule has 0 bridgehead atoms. The summed E-state index contributed by atoms with van der Waals surface area (Å²) in [4.78, 5) is 6.78. The van der Waals surface area contributed by atoms with E-state index in [1.165, 1.54) is 42.7 Å². The Labute approximate surface area is 141 Å². The molecule has 1 saturated carbocycles. The summed E-state index contributed by atoms with van der Waals surface area (Å²) >= 11 is 0. The minimum absolute atomic E-state index is 0.530. The van der Waals surface area contributed by atoms with Crippen LogP contribution in [0, 0.1) is 5.41 Å². The van der Waals surface area contributed by atoms with Gasteiger partial charge in [-0.25, -0.2) is 12.7 Å². The topological polar surface area (TPSA) is 65.0 Å². The number of guanidine groups is 1. The molecule has 2 aliphatic rings. The predicted molar refractivity (Wildman–Crippen MR) is 95.2 cm³/mol. The third kappa shape index (κ3) is 4.83. The van der Waals surface area contributed by atoms with Crippen molar-refractivity contribution < 1.29 is 8.42 Å². The lowest BCUT2D eigenvalue weighted by molar-refractivity contribution is 0.309. The van der Waals surface area contributed by atoms with E-state index >= 15 is 0 Å². The van der Waals surface area contributed by atoms with E-state index in [2.05, 4.69) is 15.2 Å². The van der Waals surface area contributed by atoms with Crippen LogP contribution in [0.3, 0.4) is 0 Å². The van der Waals surface area contributed by atoms with E-state index in [1.807, 2.05) is 14.0 Å². The van der Waals surface area contributed by atoms with E-state index < -0.39 is 10.0 Å². The fourth-order valence-electron chi connectivity index (χ4n) is 4.00. The monoisotopic (exact) mass is 344 g/mol. The van der Waals surface area contributed by atoms with Crippen LogP contribution in [0.25, 0.3) is 0 Å². The first-order valence-electron chi connectivity index (χ1n) is 8.81. The number of sulfonamides is 1. The number of hydrogen-bond donors (Lipinski definition) is 1. The second-order valence-electron chi connectivity index (χ2n) is 6.96. The molecule has 1 N–H and O–H groups in total. The molecular weight excluding hydrogens is 312 g/mol. The number of hydrogen-bond acceptors (Lipinski definition) is 3. The second kappa shape index (κ2) is 7.83. The van der Waals surface area contributed by atoms with E-state index in [0.29, 0.717) is 18.5 Å². The molecule has 1 heterocycles. The van der Waals surface area contributed by atoms with Gasteiger partial charge in [0.15, 0.2) is 5.96 Å².